The standard InChI is InChI=1S/C21H27N3O2/c1-23(20-8-3-2-4-9-20)11-10-22-21(25)19-7-5-6-18(16-19)17-24-12-14-26-15-13-24/h2-9,16H,10-15,17H2,1H3,(H,22,25). The van der Waals surface area contributed by atoms with Crippen LogP contribution in [0.4, 0.5) is 5.69 Å². The topological polar surface area (TPSA) is 44.8 Å². The average molecular weight is 353 g/mol. The predicted octanol–water partition coefficient (Wildman–Crippen LogP) is 2.38. The summed E-state index contributed by atoms with van der Waals surface area (Å²) in [7, 11) is 2.03. The van der Waals surface area contributed by atoms with Crippen molar-refractivity contribution in [2.24, 2.45) is 0 Å². The number of nitrogens with one attached hydrogen (secondary N) is 1. The van der Waals surface area contributed by atoms with Gasteiger partial charge in [0.2, 0.25) is 0 Å². The Balaban J connectivity index is 1.49. The first-order valence-electron chi connectivity index (χ1n) is 9.16. The van der Waals surface area contributed by atoms with Crippen molar-refractivity contribution >= 4 is 11.6 Å². The maximum atomic E-state index is 12.4. The minimum absolute atomic E-state index is 0.0183. The molecule has 138 valence electrons. The number of para-hydroxylation sites is 1. The van der Waals surface area contributed by atoms with E-state index in [1.165, 1.54) is 5.56 Å². The van der Waals surface area contributed by atoms with Crippen LogP contribution in [-0.4, -0.2) is 57.2 Å². The first kappa shape index (κ1) is 18.4. The van der Waals surface area contributed by atoms with Gasteiger partial charge in [0, 0.05) is 51.0 Å². The van der Waals surface area contributed by atoms with E-state index in [1.54, 1.807) is 0 Å². The van der Waals surface area contributed by atoms with E-state index < -0.39 is 0 Å². The Morgan fingerprint density at radius 2 is 1.88 bits per heavy atom. The number of morpholine rings is 1. The SMILES string of the molecule is CN(CCNC(=O)c1cccc(CN2CCOCC2)c1)c1ccccc1. The fraction of sp³-hybridized carbons (Fsp3) is 0.381. The first-order valence-corrected chi connectivity index (χ1v) is 9.16. The van der Waals surface area contributed by atoms with Crippen molar-refractivity contribution < 1.29 is 9.53 Å². The lowest BCUT2D eigenvalue weighted by atomic mass is 10.1. The summed E-state index contributed by atoms with van der Waals surface area (Å²) in [5, 5.41) is 3.02. The lowest BCUT2D eigenvalue weighted by Gasteiger charge is -2.26. The minimum Gasteiger partial charge on any atom is -0.379 e. The van der Waals surface area contributed by atoms with E-state index in [4.69, 9.17) is 4.74 Å². The van der Waals surface area contributed by atoms with Crippen LogP contribution in [0, 0.1) is 0 Å². The molecule has 0 aromatic heterocycles. The molecule has 1 saturated heterocycles. The zero-order valence-electron chi connectivity index (χ0n) is 15.4. The molecule has 5 heteroatoms. The van der Waals surface area contributed by atoms with Gasteiger partial charge in [-0.2, -0.15) is 0 Å². The summed E-state index contributed by atoms with van der Waals surface area (Å²) < 4.78 is 5.39. The number of anilines is 1. The number of carbonyl (C=O) groups excluding carboxylic acids is 1. The van der Waals surface area contributed by atoms with Gasteiger partial charge < -0.3 is 15.0 Å². The van der Waals surface area contributed by atoms with Gasteiger partial charge in [-0.25, -0.2) is 0 Å². The summed E-state index contributed by atoms with van der Waals surface area (Å²) in [4.78, 5) is 16.9. The van der Waals surface area contributed by atoms with Crippen LogP contribution in [0.15, 0.2) is 54.6 Å². The fourth-order valence-corrected chi connectivity index (χ4v) is 3.08. The second kappa shape index (κ2) is 9.36. The first-order chi connectivity index (χ1) is 12.7. The summed E-state index contributed by atoms with van der Waals surface area (Å²) in [5.74, 6) is -0.0183. The van der Waals surface area contributed by atoms with Crippen molar-refractivity contribution in [2.45, 2.75) is 6.54 Å². The number of likely N-dealkylation sites (N-methyl/N-ethyl adjacent to an activating group) is 1. The molecule has 0 atom stereocenters. The minimum atomic E-state index is -0.0183. The predicted molar refractivity (Wildman–Crippen MR) is 105 cm³/mol. The molecule has 1 aliphatic rings. The molecule has 0 unspecified atom stereocenters. The van der Waals surface area contributed by atoms with Crippen molar-refractivity contribution in [3.8, 4) is 0 Å². The van der Waals surface area contributed by atoms with Gasteiger partial charge in [-0.3, -0.25) is 9.69 Å². The van der Waals surface area contributed by atoms with Crippen LogP contribution in [0.5, 0.6) is 0 Å². The van der Waals surface area contributed by atoms with Crippen LogP contribution in [-0.2, 0) is 11.3 Å². The average Bonchev–Trinajstić information content (AvgIpc) is 2.69. The van der Waals surface area contributed by atoms with E-state index >= 15 is 0 Å². The van der Waals surface area contributed by atoms with Gasteiger partial charge in [0.15, 0.2) is 0 Å². The summed E-state index contributed by atoms with van der Waals surface area (Å²) >= 11 is 0. The molecule has 2 aromatic rings. The number of ether oxygens (including phenoxy) is 1. The Bertz CT molecular complexity index is 699. The molecule has 1 aliphatic heterocycles. The molecule has 1 fully saturated rings. The van der Waals surface area contributed by atoms with Gasteiger partial charge in [0.05, 0.1) is 13.2 Å². The van der Waals surface area contributed by atoms with Gasteiger partial charge in [0.1, 0.15) is 0 Å². The van der Waals surface area contributed by atoms with E-state index in [1.807, 2.05) is 43.4 Å². The van der Waals surface area contributed by atoms with Gasteiger partial charge in [-0.05, 0) is 29.8 Å². The van der Waals surface area contributed by atoms with Crippen molar-refractivity contribution in [3.05, 3.63) is 65.7 Å². The number of benzene rings is 2. The van der Waals surface area contributed by atoms with Crippen molar-refractivity contribution in [2.75, 3.05) is 51.3 Å². The Labute approximate surface area is 155 Å². The molecule has 0 bridgehead atoms. The third kappa shape index (κ3) is 5.31. The van der Waals surface area contributed by atoms with E-state index in [9.17, 15) is 4.79 Å². The molecule has 2 aromatic carbocycles. The van der Waals surface area contributed by atoms with Crippen molar-refractivity contribution in [1.29, 1.82) is 0 Å². The molecule has 0 spiro atoms. The number of nitrogens with zero attached hydrogens (tertiary/aromatic N) is 2. The van der Waals surface area contributed by atoms with E-state index in [2.05, 4.69) is 33.3 Å². The van der Waals surface area contributed by atoms with Gasteiger partial charge in [-0.1, -0.05) is 30.3 Å². The molecule has 1 N–H and O–H groups in total. The largest absolute Gasteiger partial charge is 0.379 e. The lowest BCUT2D eigenvalue weighted by molar-refractivity contribution is 0.0342. The summed E-state index contributed by atoms with van der Waals surface area (Å²) in [6.45, 7) is 5.71. The highest BCUT2D eigenvalue weighted by Gasteiger charge is 2.12. The van der Waals surface area contributed by atoms with Crippen LogP contribution >= 0.6 is 0 Å². The van der Waals surface area contributed by atoms with E-state index in [0.29, 0.717) is 6.54 Å². The number of hydrogen-bond acceptors (Lipinski definition) is 4. The molecular weight excluding hydrogens is 326 g/mol. The van der Waals surface area contributed by atoms with Crippen molar-refractivity contribution in [1.82, 2.24) is 10.2 Å². The summed E-state index contributed by atoms with van der Waals surface area (Å²) in [6.07, 6.45) is 0. The molecule has 5 nitrogen and oxygen atoms in total. The van der Waals surface area contributed by atoms with E-state index in [0.717, 1.165) is 50.6 Å². The van der Waals surface area contributed by atoms with E-state index in [-0.39, 0.29) is 5.91 Å². The van der Waals surface area contributed by atoms with Gasteiger partial charge in [0.25, 0.3) is 5.91 Å². The highest BCUT2D eigenvalue weighted by Crippen LogP contribution is 2.11. The van der Waals surface area contributed by atoms with Crippen LogP contribution in [0.25, 0.3) is 0 Å². The maximum absolute atomic E-state index is 12.4. The molecule has 0 saturated carbocycles. The second-order valence-electron chi connectivity index (χ2n) is 6.60. The third-order valence-corrected chi connectivity index (χ3v) is 4.63. The number of rotatable bonds is 7. The lowest BCUT2D eigenvalue weighted by Crippen LogP contribution is -2.35. The highest BCUT2D eigenvalue weighted by atomic mass is 16.5. The number of carbonyl (C=O) groups is 1. The number of hydrogen-bond donors (Lipinski definition) is 1. The zero-order valence-corrected chi connectivity index (χ0v) is 15.4. The summed E-state index contributed by atoms with van der Waals surface area (Å²) in [6, 6.07) is 18.1. The Kier molecular flexibility index (Phi) is 6.63. The molecule has 26 heavy (non-hydrogen) atoms. The van der Waals surface area contributed by atoms with Crippen LogP contribution in [0.3, 0.4) is 0 Å². The Morgan fingerprint density at radius 3 is 2.65 bits per heavy atom. The number of amides is 1. The molecule has 0 aliphatic carbocycles. The second-order valence-corrected chi connectivity index (χ2v) is 6.60. The van der Waals surface area contributed by atoms with Gasteiger partial charge in [-0.15, -0.1) is 0 Å². The Hall–Kier alpha value is -2.37. The van der Waals surface area contributed by atoms with Crippen LogP contribution < -0.4 is 10.2 Å². The monoisotopic (exact) mass is 353 g/mol. The summed E-state index contributed by atoms with van der Waals surface area (Å²) in [5.41, 5.74) is 3.04. The molecular formula is C21H27N3O2. The molecule has 0 radical (unpaired) electrons. The third-order valence-electron chi connectivity index (χ3n) is 4.63. The molecule has 1 heterocycles. The van der Waals surface area contributed by atoms with Crippen LogP contribution in [0.2, 0.25) is 0 Å². The molecule has 3 rings (SSSR count). The van der Waals surface area contributed by atoms with Crippen molar-refractivity contribution in [3.63, 3.8) is 0 Å². The van der Waals surface area contributed by atoms with Crippen LogP contribution in [0.1, 0.15) is 15.9 Å². The fourth-order valence-electron chi connectivity index (χ4n) is 3.08. The van der Waals surface area contributed by atoms with Gasteiger partial charge >= 0.3 is 0 Å². The normalized spacial score (nSPS) is 14.8. The Morgan fingerprint density at radius 1 is 1.12 bits per heavy atom. The quantitative estimate of drug-likeness (QED) is 0.830. The smallest absolute Gasteiger partial charge is 0.251 e. The zero-order chi connectivity index (χ0) is 18.2. The maximum Gasteiger partial charge on any atom is 0.251 e. The molecule has 1 amide bonds. The highest BCUT2D eigenvalue weighted by molar-refractivity contribution is 5.94.